The maximum Gasteiger partial charge on any atom is 0.305 e. The van der Waals surface area contributed by atoms with Crippen molar-refractivity contribution in [3.05, 3.63) is 46.0 Å². The van der Waals surface area contributed by atoms with Gasteiger partial charge in [0, 0.05) is 23.3 Å². The highest BCUT2D eigenvalue weighted by Crippen LogP contribution is 2.33. The third-order valence-corrected chi connectivity index (χ3v) is 3.22. The molecule has 18 heavy (non-hydrogen) atoms. The zero-order chi connectivity index (χ0) is 13.6. The Labute approximate surface area is 106 Å². The minimum absolute atomic E-state index is 0.0419. The third-order valence-electron chi connectivity index (χ3n) is 3.22. The van der Waals surface area contributed by atoms with Crippen LogP contribution in [0.4, 0.5) is 0 Å². The first-order chi connectivity index (χ1) is 8.56. The van der Waals surface area contributed by atoms with Crippen LogP contribution >= 0.6 is 0 Å². The second kappa shape index (κ2) is 6.14. The molecule has 0 aliphatic carbocycles. The number of methoxy groups -OCH3 is 1. The smallest absolute Gasteiger partial charge is 0.305 e. The van der Waals surface area contributed by atoms with Crippen LogP contribution in [0.1, 0.15) is 31.7 Å². The Morgan fingerprint density at radius 2 is 2.00 bits per heavy atom. The molecule has 98 valence electrons. The van der Waals surface area contributed by atoms with Crippen molar-refractivity contribution < 1.29 is 14.5 Å². The summed E-state index contributed by atoms with van der Waals surface area (Å²) in [5.41, 5.74) is -0.587. The van der Waals surface area contributed by atoms with Crippen LogP contribution in [0.15, 0.2) is 30.3 Å². The van der Waals surface area contributed by atoms with Crippen LogP contribution in [0.5, 0.6) is 0 Å². The molecular weight excluding hydrogens is 234 g/mol. The Bertz CT molecular complexity index is 418. The monoisotopic (exact) mass is 251 g/mol. The van der Waals surface area contributed by atoms with E-state index in [4.69, 9.17) is 0 Å². The van der Waals surface area contributed by atoms with Crippen LogP contribution in [0, 0.1) is 10.1 Å². The van der Waals surface area contributed by atoms with Gasteiger partial charge in [-0.1, -0.05) is 37.3 Å². The third kappa shape index (κ3) is 2.85. The van der Waals surface area contributed by atoms with Gasteiger partial charge in [0.15, 0.2) is 0 Å². The molecule has 1 unspecified atom stereocenters. The number of ether oxygens (including phenoxy) is 1. The number of esters is 1. The Hall–Kier alpha value is -1.91. The van der Waals surface area contributed by atoms with E-state index in [1.165, 1.54) is 7.11 Å². The molecular formula is C13H17NO4. The lowest BCUT2D eigenvalue weighted by Crippen LogP contribution is -2.35. The van der Waals surface area contributed by atoms with E-state index in [0.29, 0.717) is 12.0 Å². The zero-order valence-corrected chi connectivity index (χ0v) is 10.6. The van der Waals surface area contributed by atoms with Gasteiger partial charge < -0.3 is 4.74 Å². The van der Waals surface area contributed by atoms with E-state index in [0.717, 1.165) is 0 Å². The maximum atomic E-state index is 11.4. The summed E-state index contributed by atoms with van der Waals surface area (Å²) in [6, 6.07) is 8.79. The maximum absolute atomic E-state index is 11.4. The van der Waals surface area contributed by atoms with Crippen molar-refractivity contribution >= 4 is 5.97 Å². The van der Waals surface area contributed by atoms with Crippen LogP contribution in [-0.2, 0) is 15.1 Å². The van der Waals surface area contributed by atoms with Gasteiger partial charge in [-0.2, -0.15) is 0 Å². The van der Waals surface area contributed by atoms with E-state index in [2.05, 4.69) is 4.74 Å². The molecule has 0 saturated carbocycles. The van der Waals surface area contributed by atoms with Gasteiger partial charge in [0.2, 0.25) is 5.54 Å². The Balaban J connectivity index is 3.03. The molecule has 1 rings (SSSR count). The predicted molar refractivity (Wildman–Crippen MR) is 66.7 cm³/mol. The summed E-state index contributed by atoms with van der Waals surface area (Å²) in [5.74, 6) is -0.425. The highest BCUT2D eigenvalue weighted by atomic mass is 16.6. The minimum Gasteiger partial charge on any atom is -0.469 e. The topological polar surface area (TPSA) is 69.4 Å². The molecule has 1 aromatic rings. The number of nitrogens with zero attached hydrogens (tertiary/aromatic N) is 1. The van der Waals surface area contributed by atoms with Gasteiger partial charge in [-0.3, -0.25) is 14.9 Å². The second-order valence-corrected chi connectivity index (χ2v) is 4.08. The van der Waals surface area contributed by atoms with Crippen molar-refractivity contribution in [3.63, 3.8) is 0 Å². The van der Waals surface area contributed by atoms with Gasteiger partial charge in [-0.15, -0.1) is 0 Å². The number of carbonyl (C=O) groups excluding carboxylic acids is 1. The Morgan fingerprint density at radius 1 is 1.39 bits per heavy atom. The van der Waals surface area contributed by atoms with Crippen molar-refractivity contribution in [2.24, 2.45) is 0 Å². The second-order valence-electron chi connectivity index (χ2n) is 4.08. The first-order valence-corrected chi connectivity index (χ1v) is 5.83. The van der Waals surface area contributed by atoms with Gasteiger partial charge in [0.05, 0.1) is 13.5 Å². The first-order valence-electron chi connectivity index (χ1n) is 5.83. The summed E-state index contributed by atoms with van der Waals surface area (Å²) >= 11 is 0. The van der Waals surface area contributed by atoms with Crippen LogP contribution < -0.4 is 0 Å². The van der Waals surface area contributed by atoms with Crippen molar-refractivity contribution in [1.82, 2.24) is 0 Å². The van der Waals surface area contributed by atoms with Crippen LogP contribution in [-0.4, -0.2) is 18.0 Å². The van der Waals surface area contributed by atoms with Gasteiger partial charge in [0.25, 0.3) is 0 Å². The normalized spacial score (nSPS) is 13.7. The number of benzene rings is 1. The van der Waals surface area contributed by atoms with Crippen molar-refractivity contribution in [1.29, 1.82) is 0 Å². The standard InChI is InChI=1S/C13H17NO4/c1-3-13(14(16)17,10-9-12(15)18-2)11-7-5-4-6-8-11/h4-8H,3,9-10H2,1-2H3. The zero-order valence-electron chi connectivity index (χ0n) is 10.6. The Morgan fingerprint density at radius 3 is 2.44 bits per heavy atom. The average Bonchev–Trinajstić information content (AvgIpc) is 2.40. The number of nitro groups is 1. The fourth-order valence-electron chi connectivity index (χ4n) is 2.01. The molecule has 0 saturated heterocycles. The molecule has 0 heterocycles. The molecule has 0 N–H and O–H groups in total. The van der Waals surface area contributed by atoms with Gasteiger partial charge in [-0.05, 0) is 0 Å². The lowest BCUT2D eigenvalue weighted by Gasteiger charge is -2.24. The molecule has 1 aromatic carbocycles. The molecule has 0 aliphatic rings. The van der Waals surface area contributed by atoms with Crippen LogP contribution in [0.2, 0.25) is 0 Å². The van der Waals surface area contributed by atoms with Gasteiger partial charge in [-0.25, -0.2) is 0 Å². The molecule has 5 heteroatoms. The molecule has 1 atom stereocenters. The molecule has 0 bridgehead atoms. The highest BCUT2D eigenvalue weighted by molar-refractivity contribution is 5.69. The van der Waals surface area contributed by atoms with E-state index in [9.17, 15) is 14.9 Å². The van der Waals surface area contributed by atoms with Crippen LogP contribution in [0.25, 0.3) is 0 Å². The van der Waals surface area contributed by atoms with E-state index in [1.807, 2.05) is 6.07 Å². The minimum atomic E-state index is -1.21. The highest BCUT2D eigenvalue weighted by Gasteiger charge is 2.43. The summed E-state index contributed by atoms with van der Waals surface area (Å²) in [7, 11) is 1.28. The summed E-state index contributed by atoms with van der Waals surface area (Å²) < 4.78 is 4.54. The quantitative estimate of drug-likeness (QED) is 0.442. The average molecular weight is 251 g/mol. The van der Waals surface area contributed by atoms with E-state index in [-0.39, 0.29) is 17.8 Å². The largest absolute Gasteiger partial charge is 0.469 e. The lowest BCUT2D eigenvalue weighted by atomic mass is 9.83. The molecule has 0 radical (unpaired) electrons. The lowest BCUT2D eigenvalue weighted by molar-refractivity contribution is -0.581. The summed E-state index contributed by atoms with van der Waals surface area (Å²) in [5, 5.41) is 11.4. The molecule has 5 nitrogen and oxygen atoms in total. The number of hydrogen-bond donors (Lipinski definition) is 0. The molecule has 0 amide bonds. The number of rotatable bonds is 6. The van der Waals surface area contributed by atoms with Crippen molar-refractivity contribution in [3.8, 4) is 0 Å². The first kappa shape index (κ1) is 14.2. The van der Waals surface area contributed by atoms with Gasteiger partial charge in [0.1, 0.15) is 0 Å². The molecule has 0 aromatic heterocycles. The van der Waals surface area contributed by atoms with E-state index >= 15 is 0 Å². The SMILES string of the molecule is CCC(CCC(=O)OC)(c1ccccc1)[N+](=O)[O-]. The summed E-state index contributed by atoms with van der Waals surface area (Å²) in [4.78, 5) is 22.3. The fraction of sp³-hybridized carbons (Fsp3) is 0.462. The fourth-order valence-corrected chi connectivity index (χ4v) is 2.01. The number of carbonyl (C=O) groups is 1. The van der Waals surface area contributed by atoms with Crippen molar-refractivity contribution in [2.75, 3.05) is 7.11 Å². The molecule has 0 spiro atoms. The molecule has 0 fully saturated rings. The van der Waals surface area contributed by atoms with Crippen molar-refractivity contribution in [2.45, 2.75) is 31.7 Å². The predicted octanol–water partition coefficient (Wildman–Crippen LogP) is 2.52. The van der Waals surface area contributed by atoms with E-state index in [1.54, 1.807) is 31.2 Å². The number of hydrogen-bond acceptors (Lipinski definition) is 4. The van der Waals surface area contributed by atoms with Gasteiger partial charge >= 0.3 is 5.97 Å². The van der Waals surface area contributed by atoms with E-state index < -0.39 is 11.5 Å². The summed E-state index contributed by atoms with van der Waals surface area (Å²) in [6.45, 7) is 1.76. The summed E-state index contributed by atoms with van der Waals surface area (Å²) in [6.07, 6.45) is 0.522. The van der Waals surface area contributed by atoms with Crippen LogP contribution in [0.3, 0.4) is 0 Å². The molecule has 0 aliphatic heterocycles. The Kier molecular flexibility index (Phi) is 4.83.